The summed E-state index contributed by atoms with van der Waals surface area (Å²) in [5.41, 5.74) is -4.70. The first-order chi connectivity index (χ1) is 11.5. The summed E-state index contributed by atoms with van der Waals surface area (Å²) in [5.74, 6) is 0. The molecule has 0 fully saturated rings. The van der Waals surface area contributed by atoms with E-state index in [-0.39, 0.29) is 11.8 Å². The van der Waals surface area contributed by atoms with Crippen molar-refractivity contribution in [3.8, 4) is 0 Å². The Labute approximate surface area is 147 Å². The van der Waals surface area contributed by atoms with Crippen molar-refractivity contribution < 1.29 is 23.0 Å². The Morgan fingerprint density at radius 1 is 1.00 bits per heavy atom. The predicted octanol–water partition coefficient (Wildman–Crippen LogP) is 5.57. The highest BCUT2D eigenvalue weighted by atomic mass is 35.5. The Balaban J connectivity index is 2.76. The summed E-state index contributed by atoms with van der Waals surface area (Å²) in [7, 11) is 0. The van der Waals surface area contributed by atoms with E-state index in [0.29, 0.717) is 5.02 Å². The molecule has 0 radical (unpaired) electrons. The van der Waals surface area contributed by atoms with Gasteiger partial charge < -0.3 is 5.32 Å². The highest BCUT2D eigenvalue weighted by Crippen LogP contribution is 2.48. The van der Waals surface area contributed by atoms with Crippen LogP contribution in [0.5, 0.6) is 0 Å². The molecule has 0 unspecified atom stereocenters. The summed E-state index contributed by atoms with van der Waals surface area (Å²) < 4.78 is 38.9. The van der Waals surface area contributed by atoms with Gasteiger partial charge in [0.1, 0.15) is 5.02 Å². The summed E-state index contributed by atoms with van der Waals surface area (Å²) in [6.07, 6.45) is -5.11. The molecule has 0 aliphatic rings. The molecular weight excluding hydrogens is 390 g/mol. The van der Waals surface area contributed by atoms with E-state index in [9.17, 15) is 33.4 Å². The van der Waals surface area contributed by atoms with Gasteiger partial charge in [-0.3, -0.25) is 20.2 Å². The molecule has 0 atom stereocenters. The summed E-state index contributed by atoms with van der Waals surface area (Å²) in [4.78, 5) is 20.0. The van der Waals surface area contributed by atoms with Crippen molar-refractivity contribution in [2.24, 2.45) is 0 Å². The minimum Gasteiger partial charge on any atom is -0.344 e. The molecule has 1 N–H and O–H groups in total. The number of anilines is 2. The Morgan fingerprint density at radius 3 is 2.00 bits per heavy atom. The van der Waals surface area contributed by atoms with Gasteiger partial charge in [-0.25, -0.2) is 0 Å². The van der Waals surface area contributed by atoms with E-state index in [0.717, 1.165) is 0 Å². The van der Waals surface area contributed by atoms with Crippen molar-refractivity contribution in [2.45, 2.75) is 6.18 Å². The molecular formula is C13H6Cl2F3N3O4. The molecule has 0 aliphatic heterocycles. The van der Waals surface area contributed by atoms with E-state index in [1.807, 2.05) is 0 Å². The van der Waals surface area contributed by atoms with Crippen LogP contribution in [-0.4, -0.2) is 9.85 Å². The van der Waals surface area contributed by atoms with E-state index in [4.69, 9.17) is 23.2 Å². The SMILES string of the molecule is O=[N+]([O-])c1cc(C(F)(F)F)c(Cl)c([N+](=O)[O-])c1Nc1ccc(Cl)cc1. The van der Waals surface area contributed by atoms with Crippen molar-refractivity contribution in [3.63, 3.8) is 0 Å². The number of hydrogen-bond donors (Lipinski definition) is 1. The van der Waals surface area contributed by atoms with Gasteiger partial charge in [-0.1, -0.05) is 23.2 Å². The number of rotatable bonds is 4. The number of hydrogen-bond acceptors (Lipinski definition) is 5. The number of nitrogens with one attached hydrogen (secondary N) is 1. The monoisotopic (exact) mass is 395 g/mol. The Kier molecular flexibility index (Phi) is 5.04. The second-order valence-electron chi connectivity index (χ2n) is 4.62. The average molecular weight is 396 g/mol. The predicted molar refractivity (Wildman–Crippen MR) is 84.5 cm³/mol. The van der Waals surface area contributed by atoms with Gasteiger partial charge in [0, 0.05) is 16.8 Å². The summed E-state index contributed by atoms with van der Waals surface area (Å²) in [6, 6.07) is 5.58. The smallest absolute Gasteiger partial charge is 0.344 e. The highest BCUT2D eigenvalue weighted by molar-refractivity contribution is 6.34. The third-order valence-corrected chi connectivity index (χ3v) is 3.65. The molecule has 2 aromatic carbocycles. The highest BCUT2D eigenvalue weighted by Gasteiger charge is 2.42. The van der Waals surface area contributed by atoms with Crippen molar-refractivity contribution in [2.75, 3.05) is 5.32 Å². The van der Waals surface area contributed by atoms with Crippen LogP contribution >= 0.6 is 23.2 Å². The zero-order valence-electron chi connectivity index (χ0n) is 11.8. The molecule has 2 rings (SSSR count). The molecule has 0 saturated carbocycles. The third-order valence-electron chi connectivity index (χ3n) is 3.02. The maximum atomic E-state index is 13.0. The summed E-state index contributed by atoms with van der Waals surface area (Å²) in [6.45, 7) is 0. The van der Waals surface area contributed by atoms with E-state index in [1.165, 1.54) is 24.3 Å². The Bertz CT molecular complexity index is 857. The molecule has 0 aromatic heterocycles. The van der Waals surface area contributed by atoms with Gasteiger partial charge in [-0.2, -0.15) is 13.2 Å². The number of benzene rings is 2. The zero-order chi connectivity index (χ0) is 18.9. The molecule has 0 amide bonds. The molecule has 25 heavy (non-hydrogen) atoms. The minimum atomic E-state index is -5.11. The van der Waals surface area contributed by atoms with Crippen molar-refractivity contribution >= 4 is 46.0 Å². The quantitative estimate of drug-likeness (QED) is 0.538. The maximum Gasteiger partial charge on any atom is 0.418 e. The number of alkyl halides is 3. The molecule has 2 aromatic rings. The normalized spacial score (nSPS) is 11.2. The standard InChI is InChI=1S/C13H6Cl2F3N3O4/c14-6-1-3-7(4-2-6)19-11-9(20(22)23)5-8(13(16,17)18)10(15)12(11)21(24)25/h1-5,19H. The van der Waals surface area contributed by atoms with Crippen LogP contribution in [0.3, 0.4) is 0 Å². The number of halogens is 5. The van der Waals surface area contributed by atoms with E-state index >= 15 is 0 Å². The first-order valence-corrected chi connectivity index (χ1v) is 7.03. The molecule has 0 aliphatic carbocycles. The summed E-state index contributed by atoms with van der Waals surface area (Å²) >= 11 is 11.2. The van der Waals surface area contributed by atoms with Gasteiger partial charge in [0.05, 0.1) is 15.4 Å². The lowest BCUT2D eigenvalue weighted by atomic mass is 10.1. The fourth-order valence-corrected chi connectivity index (χ4v) is 2.40. The number of nitrogens with zero attached hydrogens (tertiary/aromatic N) is 2. The van der Waals surface area contributed by atoms with Crippen LogP contribution < -0.4 is 5.32 Å². The minimum absolute atomic E-state index is 0.131. The lowest BCUT2D eigenvalue weighted by Gasteiger charge is -2.13. The molecule has 7 nitrogen and oxygen atoms in total. The molecule has 0 heterocycles. The van der Waals surface area contributed by atoms with Crippen molar-refractivity contribution in [1.29, 1.82) is 0 Å². The van der Waals surface area contributed by atoms with Gasteiger partial charge in [0.25, 0.3) is 0 Å². The van der Waals surface area contributed by atoms with Gasteiger partial charge in [0.15, 0.2) is 5.69 Å². The largest absolute Gasteiger partial charge is 0.418 e. The van der Waals surface area contributed by atoms with Crippen LogP contribution in [0.2, 0.25) is 10.0 Å². The van der Waals surface area contributed by atoms with Crippen LogP contribution in [0.15, 0.2) is 30.3 Å². The van der Waals surface area contributed by atoms with Gasteiger partial charge >= 0.3 is 17.6 Å². The van der Waals surface area contributed by atoms with E-state index in [1.54, 1.807) is 0 Å². The lowest BCUT2D eigenvalue weighted by molar-refractivity contribution is -0.392. The fraction of sp³-hybridized carbons (Fsp3) is 0.0769. The van der Waals surface area contributed by atoms with Gasteiger partial charge in [0.2, 0.25) is 0 Å². The molecule has 0 saturated heterocycles. The van der Waals surface area contributed by atoms with Crippen LogP contribution in [0, 0.1) is 20.2 Å². The van der Waals surface area contributed by atoms with E-state index in [2.05, 4.69) is 5.32 Å². The Hall–Kier alpha value is -2.59. The lowest BCUT2D eigenvalue weighted by Crippen LogP contribution is -2.11. The average Bonchev–Trinajstić information content (AvgIpc) is 2.47. The topological polar surface area (TPSA) is 98.3 Å². The Morgan fingerprint density at radius 2 is 1.56 bits per heavy atom. The van der Waals surface area contributed by atoms with Crippen LogP contribution in [0.25, 0.3) is 0 Å². The molecule has 0 spiro atoms. The van der Waals surface area contributed by atoms with E-state index < -0.39 is 43.7 Å². The maximum absolute atomic E-state index is 13.0. The third kappa shape index (κ3) is 3.91. The van der Waals surface area contributed by atoms with Gasteiger partial charge in [-0.05, 0) is 24.3 Å². The van der Waals surface area contributed by atoms with Crippen molar-refractivity contribution in [3.05, 3.63) is 66.2 Å². The molecule has 132 valence electrons. The van der Waals surface area contributed by atoms with Crippen LogP contribution in [0.4, 0.5) is 35.9 Å². The second-order valence-corrected chi connectivity index (χ2v) is 5.44. The fourth-order valence-electron chi connectivity index (χ4n) is 1.95. The number of nitro benzene ring substituents is 2. The molecule has 0 bridgehead atoms. The van der Waals surface area contributed by atoms with Gasteiger partial charge in [-0.15, -0.1) is 0 Å². The second kappa shape index (κ2) is 6.73. The van der Waals surface area contributed by atoms with Crippen LogP contribution in [-0.2, 0) is 6.18 Å². The van der Waals surface area contributed by atoms with Crippen molar-refractivity contribution in [1.82, 2.24) is 0 Å². The first-order valence-electron chi connectivity index (χ1n) is 6.27. The molecule has 12 heteroatoms. The summed E-state index contributed by atoms with van der Waals surface area (Å²) in [5, 5.41) is 23.8. The first kappa shape index (κ1) is 18.7. The van der Waals surface area contributed by atoms with Crippen LogP contribution in [0.1, 0.15) is 5.56 Å². The number of nitro groups is 2. The zero-order valence-corrected chi connectivity index (χ0v) is 13.3.